The third kappa shape index (κ3) is 2.87. The summed E-state index contributed by atoms with van der Waals surface area (Å²) in [6.07, 6.45) is 10.1. The molecule has 1 aliphatic carbocycles. The van der Waals surface area contributed by atoms with E-state index in [1.54, 1.807) is 0 Å². The van der Waals surface area contributed by atoms with Crippen LogP contribution in [0, 0.1) is 18.3 Å². The van der Waals surface area contributed by atoms with Gasteiger partial charge in [0.2, 0.25) is 0 Å². The van der Waals surface area contributed by atoms with Gasteiger partial charge in [0.05, 0.1) is 0 Å². The predicted molar refractivity (Wildman–Crippen MR) is 70.4 cm³/mol. The molecule has 0 aliphatic heterocycles. The Balaban J connectivity index is 2.00. The van der Waals surface area contributed by atoms with E-state index in [4.69, 9.17) is 6.42 Å². The highest BCUT2D eigenvalue weighted by molar-refractivity contribution is 7.10. The zero-order chi connectivity index (χ0) is 11.4. The molecule has 2 unspecified atom stereocenters. The van der Waals surface area contributed by atoms with Crippen molar-refractivity contribution < 1.29 is 0 Å². The molecule has 1 aromatic rings. The second-order valence-electron chi connectivity index (χ2n) is 4.51. The standard InChI is InChI=1S/C14H19NS/c1-3-6-12(4-2)15-14(11-8-9-11)13-7-5-10-16-13/h1,5,7,10-12,14-15H,4,6,8-9H2,2H3. The Kier molecular flexibility index (Phi) is 4.04. The van der Waals surface area contributed by atoms with Crippen LogP contribution in [0.25, 0.3) is 0 Å². The molecule has 86 valence electrons. The van der Waals surface area contributed by atoms with E-state index < -0.39 is 0 Å². The van der Waals surface area contributed by atoms with E-state index in [0.717, 1.165) is 18.8 Å². The molecule has 1 N–H and O–H groups in total. The fourth-order valence-electron chi connectivity index (χ4n) is 2.07. The summed E-state index contributed by atoms with van der Waals surface area (Å²) >= 11 is 1.86. The molecule has 1 aliphatic rings. The lowest BCUT2D eigenvalue weighted by atomic mass is 10.1. The summed E-state index contributed by atoms with van der Waals surface area (Å²) in [5, 5.41) is 5.90. The molecule has 1 fully saturated rings. The topological polar surface area (TPSA) is 12.0 Å². The van der Waals surface area contributed by atoms with Gasteiger partial charge in [-0.05, 0) is 36.6 Å². The van der Waals surface area contributed by atoms with Gasteiger partial charge in [0, 0.05) is 23.4 Å². The van der Waals surface area contributed by atoms with Crippen LogP contribution in [-0.4, -0.2) is 6.04 Å². The summed E-state index contributed by atoms with van der Waals surface area (Å²) in [6.45, 7) is 2.20. The minimum Gasteiger partial charge on any atom is -0.305 e. The molecule has 2 rings (SSSR count). The first kappa shape index (κ1) is 11.7. The van der Waals surface area contributed by atoms with E-state index in [2.05, 4.69) is 35.7 Å². The molecule has 1 heterocycles. The first-order chi connectivity index (χ1) is 7.85. The molecule has 0 spiro atoms. The van der Waals surface area contributed by atoms with Crippen LogP contribution in [0.15, 0.2) is 17.5 Å². The van der Waals surface area contributed by atoms with E-state index in [0.29, 0.717) is 12.1 Å². The van der Waals surface area contributed by atoms with Gasteiger partial charge in [0.25, 0.3) is 0 Å². The van der Waals surface area contributed by atoms with Gasteiger partial charge >= 0.3 is 0 Å². The first-order valence-corrected chi connectivity index (χ1v) is 6.96. The number of thiophene rings is 1. The van der Waals surface area contributed by atoms with Gasteiger partial charge in [0.15, 0.2) is 0 Å². The molecule has 1 aromatic heterocycles. The van der Waals surface area contributed by atoms with Crippen molar-refractivity contribution in [2.24, 2.45) is 5.92 Å². The molecule has 0 aromatic carbocycles. The molecule has 0 bridgehead atoms. The predicted octanol–water partition coefficient (Wildman–Crippen LogP) is 3.59. The molecule has 2 atom stereocenters. The van der Waals surface area contributed by atoms with E-state index in [1.165, 1.54) is 17.7 Å². The van der Waals surface area contributed by atoms with Crippen LogP contribution in [0.1, 0.15) is 43.5 Å². The third-order valence-electron chi connectivity index (χ3n) is 3.22. The van der Waals surface area contributed by atoms with Crippen molar-refractivity contribution in [3.63, 3.8) is 0 Å². The quantitative estimate of drug-likeness (QED) is 0.740. The Morgan fingerprint density at radius 1 is 1.62 bits per heavy atom. The van der Waals surface area contributed by atoms with Crippen molar-refractivity contribution in [1.29, 1.82) is 0 Å². The zero-order valence-electron chi connectivity index (χ0n) is 9.78. The molecular weight excluding hydrogens is 214 g/mol. The second kappa shape index (κ2) is 5.52. The SMILES string of the molecule is C#CCC(CC)NC(c1cccs1)C1CC1. The minimum atomic E-state index is 0.470. The fraction of sp³-hybridized carbons (Fsp3) is 0.571. The number of hydrogen-bond donors (Lipinski definition) is 1. The number of nitrogens with one attached hydrogen (secondary N) is 1. The van der Waals surface area contributed by atoms with Crippen molar-refractivity contribution >= 4 is 11.3 Å². The zero-order valence-corrected chi connectivity index (χ0v) is 10.6. The van der Waals surface area contributed by atoms with Gasteiger partial charge in [-0.1, -0.05) is 13.0 Å². The smallest absolute Gasteiger partial charge is 0.0445 e. The number of hydrogen-bond acceptors (Lipinski definition) is 2. The lowest BCUT2D eigenvalue weighted by Gasteiger charge is -2.23. The molecule has 2 heteroatoms. The summed E-state index contributed by atoms with van der Waals surface area (Å²) in [5.74, 6) is 3.61. The van der Waals surface area contributed by atoms with Crippen molar-refractivity contribution in [3.8, 4) is 12.3 Å². The van der Waals surface area contributed by atoms with Crippen LogP contribution < -0.4 is 5.32 Å². The molecule has 0 saturated heterocycles. The summed E-state index contributed by atoms with van der Waals surface area (Å²) in [5.41, 5.74) is 0. The maximum Gasteiger partial charge on any atom is 0.0445 e. The highest BCUT2D eigenvalue weighted by Gasteiger charge is 2.33. The lowest BCUT2D eigenvalue weighted by Crippen LogP contribution is -2.32. The summed E-state index contributed by atoms with van der Waals surface area (Å²) in [7, 11) is 0. The van der Waals surface area contributed by atoms with Gasteiger partial charge in [-0.2, -0.15) is 0 Å². The van der Waals surface area contributed by atoms with Gasteiger partial charge in [-0.3, -0.25) is 0 Å². The van der Waals surface area contributed by atoms with Crippen molar-refractivity contribution in [2.75, 3.05) is 0 Å². The number of terminal acetylenes is 1. The van der Waals surface area contributed by atoms with Crippen LogP contribution in [-0.2, 0) is 0 Å². The average molecular weight is 233 g/mol. The van der Waals surface area contributed by atoms with Crippen molar-refractivity contribution in [1.82, 2.24) is 5.32 Å². The normalized spacial score (nSPS) is 19.0. The molecule has 16 heavy (non-hydrogen) atoms. The highest BCUT2D eigenvalue weighted by atomic mass is 32.1. The monoisotopic (exact) mass is 233 g/mol. The van der Waals surface area contributed by atoms with Crippen LogP contribution in [0.2, 0.25) is 0 Å². The largest absolute Gasteiger partial charge is 0.305 e. The fourth-order valence-corrected chi connectivity index (χ4v) is 2.94. The van der Waals surface area contributed by atoms with E-state index in [-0.39, 0.29) is 0 Å². The Bertz CT molecular complexity index is 345. The van der Waals surface area contributed by atoms with E-state index in [1.807, 2.05) is 11.3 Å². The van der Waals surface area contributed by atoms with Gasteiger partial charge in [-0.25, -0.2) is 0 Å². The van der Waals surface area contributed by atoms with Crippen LogP contribution in [0.5, 0.6) is 0 Å². The maximum atomic E-state index is 5.40. The first-order valence-electron chi connectivity index (χ1n) is 6.08. The minimum absolute atomic E-state index is 0.470. The third-order valence-corrected chi connectivity index (χ3v) is 4.17. The summed E-state index contributed by atoms with van der Waals surface area (Å²) in [6, 6.07) is 5.39. The van der Waals surface area contributed by atoms with E-state index >= 15 is 0 Å². The molecular formula is C14H19NS. The Morgan fingerprint density at radius 3 is 2.94 bits per heavy atom. The van der Waals surface area contributed by atoms with Crippen LogP contribution in [0.4, 0.5) is 0 Å². The van der Waals surface area contributed by atoms with Crippen molar-refractivity contribution in [2.45, 2.75) is 44.7 Å². The lowest BCUT2D eigenvalue weighted by molar-refractivity contribution is 0.402. The highest BCUT2D eigenvalue weighted by Crippen LogP contribution is 2.42. The average Bonchev–Trinajstić information content (AvgIpc) is 2.99. The van der Waals surface area contributed by atoms with Gasteiger partial charge < -0.3 is 5.32 Å². The molecule has 0 amide bonds. The number of rotatable bonds is 6. The Labute approximate surface area is 102 Å². The van der Waals surface area contributed by atoms with Crippen LogP contribution in [0.3, 0.4) is 0 Å². The van der Waals surface area contributed by atoms with Crippen molar-refractivity contribution in [3.05, 3.63) is 22.4 Å². The molecule has 1 nitrogen and oxygen atoms in total. The second-order valence-corrected chi connectivity index (χ2v) is 5.49. The Hall–Kier alpha value is -0.780. The maximum absolute atomic E-state index is 5.40. The Morgan fingerprint density at radius 2 is 2.44 bits per heavy atom. The van der Waals surface area contributed by atoms with Gasteiger partial charge in [0.1, 0.15) is 0 Å². The summed E-state index contributed by atoms with van der Waals surface area (Å²) in [4.78, 5) is 1.47. The van der Waals surface area contributed by atoms with Crippen LogP contribution >= 0.6 is 11.3 Å². The molecule has 0 radical (unpaired) electrons. The molecule has 1 saturated carbocycles. The van der Waals surface area contributed by atoms with Gasteiger partial charge in [-0.15, -0.1) is 23.7 Å². The van der Waals surface area contributed by atoms with E-state index in [9.17, 15) is 0 Å². The summed E-state index contributed by atoms with van der Waals surface area (Å²) < 4.78 is 0.